The highest BCUT2D eigenvalue weighted by Crippen LogP contribution is 2.57. The first kappa shape index (κ1) is 39.1. The molecule has 0 radical (unpaired) electrons. The number of benzene rings is 10. The second kappa shape index (κ2) is 15.5. The summed E-state index contributed by atoms with van der Waals surface area (Å²) in [6.45, 7) is 0. The van der Waals surface area contributed by atoms with E-state index in [0.717, 1.165) is 82.8 Å². The van der Waals surface area contributed by atoms with Gasteiger partial charge in [-0.15, -0.1) is 0 Å². The topological polar surface area (TPSA) is 38.7 Å². The van der Waals surface area contributed by atoms with Crippen LogP contribution >= 0.6 is 0 Å². The molecule has 3 heteroatoms. The van der Waals surface area contributed by atoms with E-state index in [4.69, 9.17) is 15.0 Å². The Morgan fingerprint density at radius 3 is 1.52 bits per heavy atom. The molecule has 320 valence electrons. The highest BCUT2D eigenvalue weighted by atomic mass is 14.8. The smallest absolute Gasteiger partial charge is 0.0972 e. The number of pyridine rings is 3. The zero-order chi connectivity index (χ0) is 45.5. The van der Waals surface area contributed by atoms with Crippen molar-refractivity contribution in [2.24, 2.45) is 0 Å². The number of para-hydroxylation sites is 1. The van der Waals surface area contributed by atoms with Crippen LogP contribution in [0, 0.1) is 0 Å². The molecule has 3 aromatic heterocycles. The van der Waals surface area contributed by atoms with Gasteiger partial charge in [-0.25, -0.2) is 15.0 Å². The average molecular weight is 876 g/mol. The van der Waals surface area contributed by atoms with Crippen molar-refractivity contribution < 1.29 is 0 Å². The zero-order valence-electron chi connectivity index (χ0n) is 37.5. The number of aromatic nitrogens is 3. The molecule has 0 bridgehead atoms. The molecule has 3 heterocycles. The molecular formula is C66H41N3. The van der Waals surface area contributed by atoms with E-state index in [-0.39, 0.29) is 0 Å². The van der Waals surface area contributed by atoms with Gasteiger partial charge < -0.3 is 0 Å². The highest BCUT2D eigenvalue weighted by molar-refractivity contribution is 6.14. The van der Waals surface area contributed by atoms with Crippen molar-refractivity contribution in [3.63, 3.8) is 0 Å². The summed E-state index contributed by atoms with van der Waals surface area (Å²) in [5.41, 5.74) is 18.3. The van der Waals surface area contributed by atoms with Gasteiger partial charge in [0.1, 0.15) is 0 Å². The number of hydrogen-bond donors (Lipinski definition) is 0. The normalized spacial score (nSPS) is 12.8. The summed E-state index contributed by atoms with van der Waals surface area (Å²) < 4.78 is 0. The largest absolute Gasteiger partial charge is 0.247 e. The van der Waals surface area contributed by atoms with Gasteiger partial charge >= 0.3 is 0 Å². The molecule has 0 unspecified atom stereocenters. The van der Waals surface area contributed by atoms with Gasteiger partial charge in [0.05, 0.1) is 39.0 Å². The molecule has 0 aliphatic heterocycles. The van der Waals surface area contributed by atoms with Crippen LogP contribution in [0.15, 0.2) is 249 Å². The fourth-order valence-electron chi connectivity index (χ4n) is 11.4. The Labute approximate surface area is 399 Å². The summed E-state index contributed by atoms with van der Waals surface area (Å²) in [6, 6.07) is 90.0. The first-order valence-electron chi connectivity index (χ1n) is 23.7. The minimum atomic E-state index is -0.490. The van der Waals surface area contributed by atoms with Gasteiger partial charge in [-0.2, -0.15) is 0 Å². The molecule has 0 amide bonds. The van der Waals surface area contributed by atoms with E-state index in [0.29, 0.717) is 0 Å². The van der Waals surface area contributed by atoms with E-state index in [1.807, 2.05) is 6.07 Å². The van der Waals surface area contributed by atoms with Crippen molar-refractivity contribution in [2.45, 2.75) is 5.41 Å². The quantitative estimate of drug-likeness (QED) is 0.156. The summed E-state index contributed by atoms with van der Waals surface area (Å²) in [7, 11) is 0. The Bertz CT molecular complexity index is 4120. The van der Waals surface area contributed by atoms with Gasteiger partial charge in [0.2, 0.25) is 0 Å². The van der Waals surface area contributed by atoms with Crippen LogP contribution < -0.4 is 0 Å². The molecule has 0 atom stereocenters. The molecule has 3 nitrogen and oxygen atoms in total. The van der Waals surface area contributed by atoms with Crippen LogP contribution in [0.5, 0.6) is 0 Å². The van der Waals surface area contributed by atoms with Crippen LogP contribution in [0.4, 0.5) is 0 Å². The molecule has 0 spiro atoms. The summed E-state index contributed by atoms with van der Waals surface area (Å²) in [4.78, 5) is 16.0. The molecule has 14 rings (SSSR count). The predicted octanol–water partition coefficient (Wildman–Crippen LogP) is 16.7. The maximum atomic E-state index is 5.45. The second-order valence-electron chi connectivity index (χ2n) is 18.2. The molecule has 1 aliphatic rings. The third kappa shape index (κ3) is 6.04. The lowest BCUT2D eigenvalue weighted by Gasteiger charge is -2.34. The Morgan fingerprint density at radius 2 is 0.812 bits per heavy atom. The van der Waals surface area contributed by atoms with Crippen molar-refractivity contribution in [3.8, 4) is 56.0 Å². The summed E-state index contributed by atoms with van der Waals surface area (Å²) >= 11 is 0. The number of fused-ring (bicyclic) bond motifs is 10. The summed E-state index contributed by atoms with van der Waals surface area (Å²) in [5, 5.41) is 7.97. The maximum absolute atomic E-state index is 5.45. The molecule has 10 aromatic carbocycles. The Morgan fingerprint density at radius 1 is 0.275 bits per heavy atom. The van der Waals surface area contributed by atoms with Gasteiger partial charge in [-0.3, -0.25) is 0 Å². The minimum Gasteiger partial charge on any atom is -0.247 e. The standard InChI is InChI=1S/C66H41N3/c1-4-16-43(17-5-1)60-38-34-45-32-33-46-35-39-62(69-65(46)64(45)67-60)54-37-36-49(50-22-10-11-23-51(50)54)42-28-30-44(31-29-42)63-57-40-56-52-24-12-14-26-58(52)66(47-18-6-2-7-19-47,48-20-8-3-9-21-48)59(56)41-55(57)53-25-13-15-27-61(53)68-63/h1-41H. The van der Waals surface area contributed by atoms with E-state index in [9.17, 15) is 0 Å². The molecule has 0 fully saturated rings. The molecule has 13 aromatic rings. The van der Waals surface area contributed by atoms with E-state index in [2.05, 4.69) is 243 Å². The number of rotatable bonds is 6. The molecular weight excluding hydrogens is 835 g/mol. The van der Waals surface area contributed by atoms with Crippen molar-refractivity contribution in [1.82, 2.24) is 15.0 Å². The monoisotopic (exact) mass is 875 g/mol. The van der Waals surface area contributed by atoms with Gasteiger partial charge in [0, 0.05) is 38.2 Å². The fourth-order valence-corrected chi connectivity index (χ4v) is 11.4. The summed E-state index contributed by atoms with van der Waals surface area (Å²) in [5.74, 6) is 0. The van der Waals surface area contributed by atoms with Crippen molar-refractivity contribution in [2.75, 3.05) is 0 Å². The highest BCUT2D eigenvalue weighted by Gasteiger charge is 2.46. The van der Waals surface area contributed by atoms with Crippen LogP contribution in [0.25, 0.3) is 110 Å². The van der Waals surface area contributed by atoms with Crippen molar-refractivity contribution >= 4 is 54.3 Å². The maximum Gasteiger partial charge on any atom is 0.0972 e. The molecule has 0 saturated carbocycles. The van der Waals surface area contributed by atoms with E-state index < -0.39 is 5.41 Å². The third-order valence-corrected chi connectivity index (χ3v) is 14.5. The Kier molecular flexibility index (Phi) is 8.80. The van der Waals surface area contributed by atoms with Crippen LogP contribution in [0.2, 0.25) is 0 Å². The van der Waals surface area contributed by atoms with Crippen molar-refractivity contribution in [3.05, 3.63) is 271 Å². The van der Waals surface area contributed by atoms with Gasteiger partial charge in [0.25, 0.3) is 0 Å². The first-order chi connectivity index (χ1) is 34.2. The lowest BCUT2D eigenvalue weighted by molar-refractivity contribution is 0.769. The SMILES string of the molecule is c1ccc(-c2ccc3ccc4ccc(-c5ccc(-c6ccc(-c7nc8ccccc8c8cc9c(cc78)-c7ccccc7C9(c7ccccc7)c7ccccc7)cc6)c6ccccc56)nc4c3n2)cc1. The Balaban J connectivity index is 0.900. The van der Waals surface area contributed by atoms with Crippen LogP contribution in [0.1, 0.15) is 22.3 Å². The van der Waals surface area contributed by atoms with E-state index in [1.54, 1.807) is 0 Å². The number of nitrogens with zero attached hydrogens (tertiary/aromatic N) is 3. The van der Waals surface area contributed by atoms with Gasteiger partial charge in [-0.1, -0.05) is 218 Å². The van der Waals surface area contributed by atoms with E-state index in [1.165, 1.54) is 49.7 Å². The fraction of sp³-hybridized carbons (Fsp3) is 0.0152. The lowest BCUT2D eigenvalue weighted by Crippen LogP contribution is -2.28. The summed E-state index contributed by atoms with van der Waals surface area (Å²) in [6.07, 6.45) is 0. The molecule has 1 aliphatic carbocycles. The molecule has 0 N–H and O–H groups in total. The van der Waals surface area contributed by atoms with Crippen LogP contribution in [-0.4, -0.2) is 15.0 Å². The zero-order valence-corrected chi connectivity index (χ0v) is 37.5. The van der Waals surface area contributed by atoms with Crippen LogP contribution in [-0.2, 0) is 5.41 Å². The van der Waals surface area contributed by atoms with Gasteiger partial charge in [-0.05, 0) is 91.0 Å². The first-order valence-corrected chi connectivity index (χ1v) is 23.7. The third-order valence-electron chi connectivity index (χ3n) is 14.5. The molecule has 69 heavy (non-hydrogen) atoms. The van der Waals surface area contributed by atoms with E-state index >= 15 is 0 Å². The van der Waals surface area contributed by atoms with Gasteiger partial charge in [0.15, 0.2) is 0 Å². The molecule has 0 saturated heterocycles. The second-order valence-corrected chi connectivity index (χ2v) is 18.2. The minimum absolute atomic E-state index is 0.490. The lowest BCUT2D eigenvalue weighted by atomic mass is 9.67. The van der Waals surface area contributed by atoms with Crippen molar-refractivity contribution in [1.29, 1.82) is 0 Å². The Hall–Kier alpha value is -9.05. The average Bonchev–Trinajstić information content (AvgIpc) is 3.72. The number of hydrogen-bond acceptors (Lipinski definition) is 3. The van der Waals surface area contributed by atoms with Crippen LogP contribution in [0.3, 0.4) is 0 Å². The predicted molar refractivity (Wildman–Crippen MR) is 286 cm³/mol.